The first-order valence-corrected chi connectivity index (χ1v) is 6.80. The molecule has 0 aliphatic heterocycles. The van der Waals surface area contributed by atoms with E-state index in [2.05, 4.69) is 33.3 Å². The van der Waals surface area contributed by atoms with Crippen molar-refractivity contribution in [2.75, 3.05) is 32.0 Å². The molecular formula is C11H19N3O6S. The Balaban J connectivity index is 3.84. The van der Waals surface area contributed by atoms with Gasteiger partial charge in [-0.15, -0.1) is 0 Å². The predicted molar refractivity (Wildman–Crippen MR) is 75.9 cm³/mol. The molecule has 9 nitrogen and oxygen atoms in total. The average Bonchev–Trinajstić information content (AvgIpc) is 2.43. The summed E-state index contributed by atoms with van der Waals surface area (Å²) in [6.45, 7) is 0.998. The number of carbonyl (C=O) groups excluding carboxylic acids is 3. The molecule has 21 heavy (non-hydrogen) atoms. The summed E-state index contributed by atoms with van der Waals surface area (Å²) in [5.41, 5.74) is 0. The quantitative estimate of drug-likeness (QED) is 0.227. The van der Waals surface area contributed by atoms with E-state index in [4.69, 9.17) is 5.11 Å². The van der Waals surface area contributed by atoms with Crippen LogP contribution in [0.5, 0.6) is 0 Å². The zero-order valence-corrected chi connectivity index (χ0v) is 12.4. The molecule has 0 saturated carbocycles. The summed E-state index contributed by atoms with van der Waals surface area (Å²) in [6, 6.07) is -0.947. The van der Waals surface area contributed by atoms with Gasteiger partial charge in [0.05, 0.1) is 19.7 Å². The van der Waals surface area contributed by atoms with Crippen LogP contribution >= 0.6 is 12.6 Å². The van der Waals surface area contributed by atoms with Gasteiger partial charge in [-0.3, -0.25) is 24.5 Å². The van der Waals surface area contributed by atoms with Gasteiger partial charge in [0.25, 0.3) is 0 Å². The second-order valence-corrected chi connectivity index (χ2v) is 4.18. The van der Waals surface area contributed by atoms with Crippen LogP contribution in [-0.2, 0) is 23.9 Å². The van der Waals surface area contributed by atoms with E-state index in [1.54, 1.807) is 6.92 Å². The van der Waals surface area contributed by atoms with E-state index >= 15 is 0 Å². The number of carbonyl (C=O) groups is 4. The Kier molecular flexibility index (Phi) is 9.98. The molecule has 0 aromatic rings. The van der Waals surface area contributed by atoms with Crippen LogP contribution in [-0.4, -0.2) is 66.9 Å². The third kappa shape index (κ3) is 9.68. The maximum absolute atomic E-state index is 11.4. The molecule has 0 fully saturated rings. The molecule has 0 unspecified atom stereocenters. The van der Waals surface area contributed by atoms with Gasteiger partial charge in [-0.2, -0.15) is 12.6 Å². The van der Waals surface area contributed by atoms with Crippen molar-refractivity contribution >= 4 is 36.4 Å². The molecule has 0 aliphatic carbocycles. The Hall–Kier alpha value is -1.81. The van der Waals surface area contributed by atoms with Crippen LogP contribution in [0, 0.1) is 0 Å². The number of nitrogens with one attached hydrogen (secondary N) is 3. The first-order chi connectivity index (χ1) is 9.90. The molecule has 10 heteroatoms. The van der Waals surface area contributed by atoms with Gasteiger partial charge in [-0.25, -0.2) is 0 Å². The van der Waals surface area contributed by atoms with E-state index < -0.39 is 29.8 Å². The van der Waals surface area contributed by atoms with Crippen molar-refractivity contribution < 1.29 is 29.0 Å². The summed E-state index contributed by atoms with van der Waals surface area (Å²) < 4.78 is 4.60. The topological polar surface area (TPSA) is 134 Å². The van der Waals surface area contributed by atoms with Crippen LogP contribution in [0.3, 0.4) is 0 Å². The Labute approximate surface area is 127 Å². The minimum absolute atomic E-state index is 0.0304. The lowest BCUT2D eigenvalue weighted by molar-refractivity contribution is -0.143. The first-order valence-electron chi connectivity index (χ1n) is 6.16. The lowest BCUT2D eigenvalue weighted by Gasteiger charge is -2.11. The lowest BCUT2D eigenvalue weighted by Crippen LogP contribution is -2.46. The van der Waals surface area contributed by atoms with Gasteiger partial charge in [0.1, 0.15) is 12.6 Å². The monoisotopic (exact) mass is 321 g/mol. The summed E-state index contributed by atoms with van der Waals surface area (Å²) >= 11 is 3.82. The lowest BCUT2D eigenvalue weighted by atomic mass is 10.3. The Morgan fingerprint density at radius 3 is 2.19 bits per heavy atom. The van der Waals surface area contributed by atoms with Crippen molar-refractivity contribution in [3.8, 4) is 0 Å². The number of rotatable bonds is 10. The SMILES string of the molecule is CCOC(=O)CNC(=O)CNC(=O)CN[C@@H](CS)C(=O)O. The summed E-state index contributed by atoms with van der Waals surface area (Å²) in [4.78, 5) is 44.3. The zero-order chi connectivity index (χ0) is 16.3. The Morgan fingerprint density at radius 1 is 1.10 bits per heavy atom. The fourth-order valence-electron chi connectivity index (χ4n) is 1.13. The van der Waals surface area contributed by atoms with Gasteiger partial charge in [0, 0.05) is 5.75 Å². The smallest absolute Gasteiger partial charge is 0.325 e. The molecule has 0 rings (SSSR count). The molecule has 4 N–H and O–H groups in total. The molecule has 0 bridgehead atoms. The highest BCUT2D eigenvalue weighted by Gasteiger charge is 2.16. The summed E-state index contributed by atoms with van der Waals surface area (Å²) in [5, 5.41) is 15.7. The number of thiol groups is 1. The van der Waals surface area contributed by atoms with Crippen molar-refractivity contribution in [2.24, 2.45) is 0 Å². The predicted octanol–water partition coefficient (Wildman–Crippen LogP) is -2.25. The summed E-state index contributed by atoms with van der Waals surface area (Å²) in [7, 11) is 0. The van der Waals surface area contributed by atoms with Crippen LogP contribution in [0.1, 0.15) is 6.92 Å². The van der Waals surface area contributed by atoms with Gasteiger partial charge < -0.3 is 20.5 Å². The maximum Gasteiger partial charge on any atom is 0.325 e. The summed E-state index contributed by atoms with van der Waals surface area (Å²) in [5.74, 6) is -2.76. The number of aliphatic carboxylic acids is 1. The molecule has 0 aromatic heterocycles. The molecule has 0 aromatic carbocycles. The normalized spacial score (nSPS) is 11.3. The first kappa shape index (κ1) is 19.2. The average molecular weight is 321 g/mol. The van der Waals surface area contributed by atoms with E-state index in [1.807, 2.05) is 0 Å². The Morgan fingerprint density at radius 2 is 1.67 bits per heavy atom. The highest BCUT2D eigenvalue weighted by atomic mass is 32.1. The van der Waals surface area contributed by atoms with Crippen molar-refractivity contribution in [3.63, 3.8) is 0 Å². The van der Waals surface area contributed by atoms with Crippen molar-refractivity contribution in [3.05, 3.63) is 0 Å². The van der Waals surface area contributed by atoms with Crippen LogP contribution < -0.4 is 16.0 Å². The molecule has 0 saturated heterocycles. The van der Waals surface area contributed by atoms with Crippen molar-refractivity contribution in [1.82, 2.24) is 16.0 Å². The molecule has 2 amide bonds. The van der Waals surface area contributed by atoms with E-state index in [1.165, 1.54) is 0 Å². The van der Waals surface area contributed by atoms with E-state index in [0.717, 1.165) is 0 Å². The van der Waals surface area contributed by atoms with Gasteiger partial charge in [0.2, 0.25) is 11.8 Å². The number of carboxylic acid groups (broad SMARTS) is 1. The fourth-order valence-corrected chi connectivity index (χ4v) is 1.42. The third-order valence-corrected chi connectivity index (χ3v) is 2.54. The number of carboxylic acids is 1. The second-order valence-electron chi connectivity index (χ2n) is 3.81. The molecule has 0 spiro atoms. The Bertz CT molecular complexity index is 390. The molecule has 1 atom stereocenters. The van der Waals surface area contributed by atoms with E-state index in [9.17, 15) is 19.2 Å². The maximum atomic E-state index is 11.4. The van der Waals surface area contributed by atoms with E-state index in [-0.39, 0.29) is 32.0 Å². The minimum atomic E-state index is -1.12. The van der Waals surface area contributed by atoms with Crippen LogP contribution in [0.4, 0.5) is 0 Å². The zero-order valence-electron chi connectivity index (χ0n) is 11.5. The molecule has 120 valence electrons. The fraction of sp³-hybridized carbons (Fsp3) is 0.636. The van der Waals surface area contributed by atoms with Crippen LogP contribution in [0.25, 0.3) is 0 Å². The number of hydrogen-bond donors (Lipinski definition) is 5. The second kappa shape index (κ2) is 10.9. The van der Waals surface area contributed by atoms with Crippen LogP contribution in [0.2, 0.25) is 0 Å². The largest absolute Gasteiger partial charge is 0.480 e. The highest BCUT2D eigenvalue weighted by molar-refractivity contribution is 7.80. The van der Waals surface area contributed by atoms with Crippen molar-refractivity contribution in [1.29, 1.82) is 0 Å². The van der Waals surface area contributed by atoms with E-state index in [0.29, 0.717) is 0 Å². The standard InChI is InChI=1S/C11H19N3O6S/c1-2-20-10(17)5-14-9(16)4-13-8(15)3-12-7(6-21)11(18)19/h7,12,21H,2-6H2,1H3,(H,13,15)(H,14,16)(H,18,19)/t7-/m0/s1. The number of esters is 1. The van der Waals surface area contributed by atoms with Gasteiger partial charge in [0.15, 0.2) is 0 Å². The molecule has 0 radical (unpaired) electrons. The molecule has 0 aliphatic rings. The number of ether oxygens (including phenoxy) is 1. The highest BCUT2D eigenvalue weighted by Crippen LogP contribution is 1.87. The molecule has 0 heterocycles. The summed E-state index contributed by atoms with van der Waals surface area (Å²) in [6.07, 6.45) is 0. The van der Waals surface area contributed by atoms with Gasteiger partial charge >= 0.3 is 11.9 Å². The third-order valence-electron chi connectivity index (χ3n) is 2.17. The van der Waals surface area contributed by atoms with Gasteiger partial charge in [-0.05, 0) is 6.92 Å². The molecular weight excluding hydrogens is 302 g/mol. The minimum Gasteiger partial charge on any atom is -0.480 e. The number of hydrogen-bond acceptors (Lipinski definition) is 7. The van der Waals surface area contributed by atoms with Crippen LogP contribution in [0.15, 0.2) is 0 Å². The van der Waals surface area contributed by atoms with Crippen molar-refractivity contribution in [2.45, 2.75) is 13.0 Å². The number of amides is 2. The van der Waals surface area contributed by atoms with Gasteiger partial charge in [-0.1, -0.05) is 0 Å².